The molecule has 1 fully saturated rings. The molecule has 0 bridgehead atoms. The quantitative estimate of drug-likeness (QED) is 0.326. The van der Waals surface area contributed by atoms with Gasteiger partial charge in [-0.05, 0) is 93.8 Å². The molecule has 2 nitrogen and oxygen atoms in total. The molecule has 0 spiro atoms. The minimum Gasteiger partial charge on any atom is -0.430 e. The summed E-state index contributed by atoms with van der Waals surface area (Å²) in [6, 6.07) is 13.9. The van der Waals surface area contributed by atoms with E-state index in [1.165, 1.54) is 34.2 Å². The van der Waals surface area contributed by atoms with Crippen LogP contribution in [0.2, 0.25) is 5.31 Å². The standard InChI is InChI=1S/C33H49B2O2/c1-9-33(10-2,28-16-17-29(25(4)23-28)35-37-31(7,8)30(5,6)34)27-15-14-26(24(3)22-27)18-21-32(36)19-12-11-13-20-32/h14-17,22-23,36H,9-13,18-21H2,1-8H3. The summed E-state index contributed by atoms with van der Waals surface area (Å²) < 4.78 is 6.16. The summed E-state index contributed by atoms with van der Waals surface area (Å²) in [6.07, 6.45) is 9.40. The molecule has 0 saturated heterocycles. The fraction of sp³-hybridized carbons (Fsp3) is 0.636. The smallest absolute Gasteiger partial charge is 0.330 e. The Bertz CT molecular complexity index is 1040. The van der Waals surface area contributed by atoms with Crippen LogP contribution in [0.25, 0.3) is 0 Å². The van der Waals surface area contributed by atoms with Gasteiger partial charge in [0.15, 0.2) is 0 Å². The maximum absolute atomic E-state index is 11.0. The van der Waals surface area contributed by atoms with Crippen LogP contribution >= 0.6 is 0 Å². The van der Waals surface area contributed by atoms with Gasteiger partial charge >= 0.3 is 7.48 Å². The van der Waals surface area contributed by atoms with Crippen molar-refractivity contribution in [1.82, 2.24) is 0 Å². The van der Waals surface area contributed by atoms with Crippen LogP contribution in [0.15, 0.2) is 36.4 Å². The van der Waals surface area contributed by atoms with Crippen molar-refractivity contribution < 1.29 is 9.76 Å². The highest BCUT2D eigenvalue weighted by molar-refractivity contribution is 6.47. The summed E-state index contributed by atoms with van der Waals surface area (Å²) >= 11 is 0. The van der Waals surface area contributed by atoms with Gasteiger partial charge in [0, 0.05) is 11.0 Å². The monoisotopic (exact) mass is 499 g/mol. The van der Waals surface area contributed by atoms with Crippen molar-refractivity contribution >= 4 is 20.8 Å². The minimum absolute atomic E-state index is 0.0342. The van der Waals surface area contributed by atoms with E-state index in [2.05, 4.69) is 64.1 Å². The van der Waals surface area contributed by atoms with Gasteiger partial charge in [0.05, 0.1) is 13.4 Å². The first-order valence-corrected chi connectivity index (χ1v) is 14.5. The maximum Gasteiger partial charge on any atom is 0.330 e. The molecule has 1 aliphatic rings. The fourth-order valence-electron chi connectivity index (χ4n) is 5.80. The second kappa shape index (κ2) is 11.7. The van der Waals surface area contributed by atoms with Crippen molar-refractivity contribution in [3.05, 3.63) is 64.2 Å². The lowest BCUT2D eigenvalue weighted by molar-refractivity contribution is -0.00344. The van der Waals surface area contributed by atoms with Gasteiger partial charge in [0.25, 0.3) is 0 Å². The van der Waals surface area contributed by atoms with E-state index in [-0.39, 0.29) is 5.41 Å². The van der Waals surface area contributed by atoms with Gasteiger partial charge < -0.3 is 9.76 Å². The van der Waals surface area contributed by atoms with E-state index in [9.17, 15) is 5.11 Å². The van der Waals surface area contributed by atoms with Crippen molar-refractivity contribution in [3.8, 4) is 0 Å². The first-order valence-electron chi connectivity index (χ1n) is 14.5. The summed E-state index contributed by atoms with van der Waals surface area (Å²) in [5, 5.41) is 10.5. The Morgan fingerprint density at radius 1 is 0.892 bits per heavy atom. The van der Waals surface area contributed by atoms with Gasteiger partial charge in [0.1, 0.15) is 0 Å². The molecule has 1 N–H and O–H groups in total. The number of aryl methyl sites for hydroxylation is 3. The zero-order valence-corrected chi connectivity index (χ0v) is 24.8. The number of benzene rings is 2. The van der Waals surface area contributed by atoms with E-state index in [1.54, 1.807) is 0 Å². The molecule has 3 radical (unpaired) electrons. The number of hydrogen-bond donors (Lipinski definition) is 1. The normalized spacial score (nSPS) is 16.6. The highest BCUT2D eigenvalue weighted by atomic mass is 16.5. The molecule has 37 heavy (non-hydrogen) atoms. The average molecular weight is 499 g/mol. The van der Waals surface area contributed by atoms with E-state index in [4.69, 9.17) is 12.5 Å². The van der Waals surface area contributed by atoms with E-state index in [1.807, 2.05) is 35.2 Å². The number of aliphatic hydroxyl groups is 1. The number of rotatable bonds is 11. The van der Waals surface area contributed by atoms with Crippen molar-refractivity contribution in [2.75, 3.05) is 0 Å². The lowest BCUT2D eigenvalue weighted by Gasteiger charge is -2.40. The molecule has 4 heteroatoms. The third kappa shape index (κ3) is 6.74. The van der Waals surface area contributed by atoms with Gasteiger partial charge in [-0.15, -0.1) is 0 Å². The lowest BCUT2D eigenvalue weighted by Crippen LogP contribution is -2.41. The predicted octanol–water partition coefficient (Wildman–Crippen LogP) is 7.44. The van der Waals surface area contributed by atoms with Gasteiger partial charge in [-0.3, -0.25) is 0 Å². The predicted molar refractivity (Wildman–Crippen MR) is 160 cm³/mol. The third-order valence-corrected chi connectivity index (χ3v) is 9.60. The molecule has 0 heterocycles. The summed E-state index contributed by atoms with van der Waals surface area (Å²) in [6.45, 7) is 17.1. The van der Waals surface area contributed by atoms with Crippen LogP contribution in [-0.4, -0.2) is 31.6 Å². The van der Waals surface area contributed by atoms with Crippen LogP contribution in [0.1, 0.15) is 121 Å². The third-order valence-electron chi connectivity index (χ3n) is 9.60. The van der Waals surface area contributed by atoms with Crippen LogP contribution < -0.4 is 5.46 Å². The molecule has 0 amide bonds. The van der Waals surface area contributed by atoms with Gasteiger partial charge in [-0.2, -0.15) is 0 Å². The summed E-state index contributed by atoms with van der Waals surface area (Å²) in [5.41, 5.74) is 6.78. The van der Waals surface area contributed by atoms with Crippen molar-refractivity contribution in [2.24, 2.45) is 0 Å². The first kappa shape index (κ1) is 30.0. The molecule has 3 rings (SSSR count). The maximum atomic E-state index is 11.0. The van der Waals surface area contributed by atoms with Gasteiger partial charge in [-0.1, -0.05) is 94.4 Å². The van der Waals surface area contributed by atoms with Crippen molar-refractivity contribution in [2.45, 2.75) is 135 Å². The van der Waals surface area contributed by atoms with Gasteiger partial charge in [-0.25, -0.2) is 0 Å². The second-order valence-electron chi connectivity index (χ2n) is 12.8. The Kier molecular flexibility index (Phi) is 9.50. The Labute approximate surface area is 229 Å². The Balaban J connectivity index is 1.82. The van der Waals surface area contributed by atoms with Crippen LogP contribution in [-0.2, 0) is 16.5 Å². The molecule has 1 saturated carbocycles. The van der Waals surface area contributed by atoms with E-state index in [0.717, 1.165) is 56.8 Å². The summed E-state index contributed by atoms with van der Waals surface area (Å²) in [4.78, 5) is 0. The summed E-state index contributed by atoms with van der Waals surface area (Å²) in [7, 11) is 8.19. The molecular formula is C33H49B2O2. The molecule has 0 unspecified atom stereocenters. The molecule has 199 valence electrons. The molecule has 0 atom stereocenters. The topological polar surface area (TPSA) is 29.5 Å². The van der Waals surface area contributed by atoms with Crippen LogP contribution in [0.5, 0.6) is 0 Å². The van der Waals surface area contributed by atoms with Crippen molar-refractivity contribution in [1.29, 1.82) is 0 Å². The van der Waals surface area contributed by atoms with Crippen molar-refractivity contribution in [3.63, 3.8) is 0 Å². The second-order valence-corrected chi connectivity index (χ2v) is 12.8. The van der Waals surface area contributed by atoms with E-state index in [0.29, 0.717) is 0 Å². The zero-order valence-electron chi connectivity index (χ0n) is 24.8. The van der Waals surface area contributed by atoms with Crippen LogP contribution in [0.4, 0.5) is 0 Å². The molecule has 0 aliphatic heterocycles. The molecule has 1 aliphatic carbocycles. The lowest BCUT2D eigenvalue weighted by atomic mass is 9.61. The number of hydrogen-bond acceptors (Lipinski definition) is 2. The molecule has 2 aromatic rings. The van der Waals surface area contributed by atoms with E-state index >= 15 is 0 Å². The van der Waals surface area contributed by atoms with Crippen LogP contribution in [0, 0.1) is 13.8 Å². The summed E-state index contributed by atoms with van der Waals surface area (Å²) in [5.74, 6) is 0. The largest absolute Gasteiger partial charge is 0.430 e. The molecule has 2 aromatic carbocycles. The Hall–Kier alpha value is -1.51. The highest BCUT2D eigenvalue weighted by Crippen LogP contribution is 2.40. The van der Waals surface area contributed by atoms with Gasteiger partial charge in [0.2, 0.25) is 0 Å². The first-order chi connectivity index (χ1) is 17.3. The van der Waals surface area contributed by atoms with Crippen LogP contribution in [0.3, 0.4) is 0 Å². The molecular weight excluding hydrogens is 450 g/mol. The zero-order chi connectivity index (χ0) is 27.5. The SMILES string of the molecule is [B]C(C)(C)C(C)(C)O[B]c1ccc(C(CC)(CC)c2ccc(CCC3(O)CCCCC3)c(C)c2)cc1C. The molecule has 0 aromatic heterocycles. The highest BCUT2D eigenvalue weighted by Gasteiger charge is 2.34. The average Bonchev–Trinajstić information content (AvgIpc) is 2.84. The minimum atomic E-state index is -0.472. The fourth-order valence-corrected chi connectivity index (χ4v) is 5.80. The Morgan fingerprint density at radius 2 is 1.46 bits per heavy atom. The van der Waals surface area contributed by atoms with E-state index < -0.39 is 16.5 Å². The Morgan fingerprint density at radius 3 is 1.97 bits per heavy atom.